The van der Waals surface area contributed by atoms with E-state index in [4.69, 9.17) is 4.74 Å². The Morgan fingerprint density at radius 2 is 2.28 bits per heavy atom. The molecule has 1 N–H and O–H groups in total. The standard InChI is InChI=1S/C17H23N5O2S/c1-11-9-14(21-17-18-10-12(2)25-17)20-16(19-11)13-5-4-7-22(13)15(23)6-8-24-3/h9-10,13H,4-8H2,1-3H3,(H,18,19,20,21). The number of hydrogen-bond donors (Lipinski definition) is 1. The third kappa shape index (κ3) is 4.32. The molecule has 1 fully saturated rings. The molecule has 1 aliphatic rings. The summed E-state index contributed by atoms with van der Waals surface area (Å²) < 4.78 is 5.03. The van der Waals surface area contributed by atoms with Crippen molar-refractivity contribution < 1.29 is 9.53 Å². The number of methoxy groups -OCH3 is 1. The highest BCUT2D eigenvalue weighted by Gasteiger charge is 2.32. The van der Waals surface area contributed by atoms with Gasteiger partial charge in [0.15, 0.2) is 11.0 Å². The number of likely N-dealkylation sites (tertiary alicyclic amines) is 1. The van der Waals surface area contributed by atoms with Crippen LogP contribution in [0.3, 0.4) is 0 Å². The minimum absolute atomic E-state index is 0.0668. The van der Waals surface area contributed by atoms with Crippen LogP contribution in [-0.4, -0.2) is 46.0 Å². The van der Waals surface area contributed by atoms with E-state index in [1.54, 1.807) is 18.4 Å². The molecule has 1 aliphatic heterocycles. The number of ether oxygens (including phenoxy) is 1. The predicted molar refractivity (Wildman–Crippen MR) is 97.1 cm³/mol. The van der Waals surface area contributed by atoms with Gasteiger partial charge in [0.1, 0.15) is 5.82 Å². The molecule has 2 aromatic rings. The lowest BCUT2D eigenvalue weighted by atomic mass is 10.2. The van der Waals surface area contributed by atoms with E-state index in [0.717, 1.165) is 35.1 Å². The largest absolute Gasteiger partial charge is 0.384 e. The lowest BCUT2D eigenvalue weighted by Crippen LogP contribution is -2.32. The maximum atomic E-state index is 12.4. The Balaban J connectivity index is 1.80. The lowest BCUT2D eigenvalue weighted by Gasteiger charge is -2.24. The van der Waals surface area contributed by atoms with Gasteiger partial charge in [-0.1, -0.05) is 0 Å². The highest BCUT2D eigenvalue weighted by molar-refractivity contribution is 7.15. The smallest absolute Gasteiger partial charge is 0.225 e. The summed E-state index contributed by atoms with van der Waals surface area (Å²) in [6.07, 6.45) is 4.07. The van der Waals surface area contributed by atoms with Crippen molar-refractivity contribution in [2.75, 3.05) is 25.6 Å². The number of hydrogen-bond acceptors (Lipinski definition) is 7. The zero-order valence-electron chi connectivity index (χ0n) is 14.8. The zero-order chi connectivity index (χ0) is 17.8. The molecular weight excluding hydrogens is 338 g/mol. The SMILES string of the molecule is COCCC(=O)N1CCCC1c1nc(C)cc(Nc2ncc(C)s2)n1. The van der Waals surface area contributed by atoms with Gasteiger partial charge in [0, 0.05) is 36.5 Å². The molecule has 1 unspecified atom stereocenters. The minimum Gasteiger partial charge on any atom is -0.384 e. The van der Waals surface area contributed by atoms with Crippen LogP contribution in [0.5, 0.6) is 0 Å². The fraction of sp³-hybridized carbons (Fsp3) is 0.529. The average molecular weight is 361 g/mol. The number of carbonyl (C=O) groups excluding carboxylic acids is 1. The summed E-state index contributed by atoms with van der Waals surface area (Å²) in [6, 6.07) is 1.83. The van der Waals surface area contributed by atoms with Crippen molar-refractivity contribution in [1.29, 1.82) is 0 Å². The molecule has 0 saturated carbocycles. The number of anilines is 2. The first-order chi connectivity index (χ1) is 12.1. The molecule has 1 atom stereocenters. The maximum Gasteiger partial charge on any atom is 0.225 e. The van der Waals surface area contributed by atoms with Gasteiger partial charge in [-0.3, -0.25) is 4.79 Å². The average Bonchev–Trinajstić information content (AvgIpc) is 3.21. The summed E-state index contributed by atoms with van der Waals surface area (Å²) in [6.45, 7) is 5.14. The third-order valence-corrected chi connectivity index (χ3v) is 4.95. The topological polar surface area (TPSA) is 80.2 Å². The van der Waals surface area contributed by atoms with Gasteiger partial charge in [-0.2, -0.15) is 0 Å². The Bertz CT molecular complexity index is 748. The third-order valence-electron chi connectivity index (χ3n) is 4.12. The summed E-state index contributed by atoms with van der Waals surface area (Å²) in [4.78, 5) is 29.0. The van der Waals surface area contributed by atoms with Gasteiger partial charge in [-0.25, -0.2) is 15.0 Å². The number of thiazole rings is 1. The zero-order valence-corrected chi connectivity index (χ0v) is 15.6. The summed E-state index contributed by atoms with van der Waals surface area (Å²) in [7, 11) is 1.61. The van der Waals surface area contributed by atoms with E-state index < -0.39 is 0 Å². The minimum atomic E-state index is -0.0668. The molecule has 3 rings (SSSR count). The van der Waals surface area contributed by atoms with E-state index in [-0.39, 0.29) is 11.9 Å². The van der Waals surface area contributed by atoms with Crippen LogP contribution >= 0.6 is 11.3 Å². The van der Waals surface area contributed by atoms with Crippen molar-refractivity contribution in [2.45, 2.75) is 39.2 Å². The molecule has 134 valence electrons. The number of rotatable bonds is 6. The van der Waals surface area contributed by atoms with Crippen LogP contribution in [0.15, 0.2) is 12.3 Å². The van der Waals surface area contributed by atoms with E-state index >= 15 is 0 Å². The van der Waals surface area contributed by atoms with Crippen LogP contribution in [0.25, 0.3) is 0 Å². The van der Waals surface area contributed by atoms with Crippen molar-refractivity contribution >= 4 is 28.2 Å². The molecule has 0 aliphatic carbocycles. The van der Waals surface area contributed by atoms with Gasteiger partial charge in [-0.05, 0) is 26.7 Å². The summed E-state index contributed by atoms with van der Waals surface area (Å²) in [5.41, 5.74) is 0.872. The maximum absolute atomic E-state index is 12.4. The number of aromatic nitrogens is 3. The molecule has 0 bridgehead atoms. The quantitative estimate of drug-likeness (QED) is 0.852. The van der Waals surface area contributed by atoms with E-state index in [9.17, 15) is 4.79 Å². The first kappa shape index (κ1) is 17.8. The van der Waals surface area contributed by atoms with Crippen LogP contribution in [-0.2, 0) is 9.53 Å². The van der Waals surface area contributed by atoms with Gasteiger partial charge in [0.2, 0.25) is 5.91 Å². The number of nitrogens with one attached hydrogen (secondary N) is 1. The fourth-order valence-corrected chi connectivity index (χ4v) is 3.66. The molecule has 3 heterocycles. The summed E-state index contributed by atoms with van der Waals surface area (Å²) in [5, 5.41) is 4.05. The Hall–Kier alpha value is -2.06. The van der Waals surface area contributed by atoms with Gasteiger partial charge in [0.05, 0.1) is 19.1 Å². The van der Waals surface area contributed by atoms with Crippen molar-refractivity contribution in [3.8, 4) is 0 Å². The first-order valence-corrected chi connectivity index (χ1v) is 9.22. The van der Waals surface area contributed by atoms with E-state index in [2.05, 4.69) is 20.3 Å². The second-order valence-corrected chi connectivity index (χ2v) is 7.38. The molecule has 1 amide bonds. The van der Waals surface area contributed by atoms with Gasteiger partial charge >= 0.3 is 0 Å². The molecule has 25 heavy (non-hydrogen) atoms. The second kappa shape index (κ2) is 7.88. The van der Waals surface area contributed by atoms with Crippen LogP contribution < -0.4 is 5.32 Å². The molecule has 0 spiro atoms. The molecule has 2 aromatic heterocycles. The van der Waals surface area contributed by atoms with Crippen LogP contribution in [0.1, 0.15) is 41.7 Å². The Morgan fingerprint density at radius 1 is 1.44 bits per heavy atom. The second-order valence-electron chi connectivity index (χ2n) is 6.14. The number of aryl methyl sites for hydroxylation is 2. The number of carbonyl (C=O) groups is 1. The predicted octanol–water partition coefficient (Wildman–Crippen LogP) is 2.99. The first-order valence-electron chi connectivity index (χ1n) is 8.40. The Kier molecular flexibility index (Phi) is 5.60. The fourth-order valence-electron chi connectivity index (χ4n) is 2.99. The molecule has 1 saturated heterocycles. The normalized spacial score (nSPS) is 17.1. The van der Waals surface area contributed by atoms with Gasteiger partial charge < -0.3 is 15.0 Å². The van der Waals surface area contributed by atoms with Crippen molar-refractivity contribution in [2.24, 2.45) is 0 Å². The van der Waals surface area contributed by atoms with E-state index in [1.807, 2.05) is 31.0 Å². The molecule has 0 aromatic carbocycles. The molecular formula is C17H23N5O2S. The molecule has 0 radical (unpaired) electrons. The van der Waals surface area contributed by atoms with Crippen molar-refractivity contribution in [1.82, 2.24) is 19.9 Å². The summed E-state index contributed by atoms with van der Waals surface area (Å²) >= 11 is 1.58. The number of nitrogens with zero attached hydrogens (tertiary/aromatic N) is 4. The van der Waals surface area contributed by atoms with Gasteiger partial charge in [0.25, 0.3) is 0 Å². The highest BCUT2D eigenvalue weighted by Crippen LogP contribution is 2.31. The monoisotopic (exact) mass is 361 g/mol. The van der Waals surface area contributed by atoms with E-state index in [0.29, 0.717) is 24.7 Å². The van der Waals surface area contributed by atoms with Crippen LogP contribution in [0, 0.1) is 13.8 Å². The Labute approximate surface area is 151 Å². The van der Waals surface area contributed by atoms with E-state index in [1.165, 1.54) is 0 Å². The van der Waals surface area contributed by atoms with Crippen LogP contribution in [0.4, 0.5) is 10.9 Å². The van der Waals surface area contributed by atoms with Crippen LogP contribution in [0.2, 0.25) is 0 Å². The van der Waals surface area contributed by atoms with Gasteiger partial charge in [-0.15, -0.1) is 11.3 Å². The van der Waals surface area contributed by atoms with Crippen molar-refractivity contribution in [3.05, 3.63) is 28.7 Å². The molecule has 8 heteroatoms. The molecule has 7 nitrogen and oxygen atoms in total. The number of amides is 1. The summed E-state index contributed by atoms with van der Waals surface area (Å²) in [5.74, 6) is 1.51. The lowest BCUT2D eigenvalue weighted by molar-refractivity contribution is -0.133. The van der Waals surface area contributed by atoms with Crippen molar-refractivity contribution in [3.63, 3.8) is 0 Å². The highest BCUT2D eigenvalue weighted by atomic mass is 32.1. The Morgan fingerprint density at radius 3 is 3.00 bits per heavy atom.